The van der Waals surface area contributed by atoms with Crippen LogP contribution < -0.4 is 19.9 Å². The van der Waals surface area contributed by atoms with Crippen LogP contribution in [0.4, 0.5) is 0 Å². The Kier molecular flexibility index (Phi) is 17.1. The van der Waals surface area contributed by atoms with Crippen molar-refractivity contribution in [3.8, 4) is 0 Å². The third-order valence-corrected chi connectivity index (χ3v) is 19.6. The minimum atomic E-state index is -0.237. The van der Waals surface area contributed by atoms with Gasteiger partial charge in [0, 0.05) is 47.9 Å². The van der Waals surface area contributed by atoms with Crippen LogP contribution in [0.5, 0.6) is 0 Å². The number of carbonyl (C=O) groups excluding carboxylic acids is 2. The zero-order valence-corrected chi connectivity index (χ0v) is 53.1. The molecule has 10 heterocycles. The van der Waals surface area contributed by atoms with E-state index >= 15 is 0 Å². The van der Waals surface area contributed by atoms with Crippen LogP contribution in [0.3, 0.4) is 0 Å². The van der Waals surface area contributed by atoms with Crippen molar-refractivity contribution in [3.63, 3.8) is 0 Å². The van der Waals surface area contributed by atoms with Crippen LogP contribution in [0.25, 0.3) is 78.6 Å². The first kappa shape index (κ1) is 60.5. The van der Waals surface area contributed by atoms with E-state index in [1.807, 2.05) is 0 Å². The molecule has 16 bridgehead atoms. The predicted octanol–water partition coefficient (Wildman–Crippen LogP) is 14.5. The Labute approximate surface area is 514 Å². The average molecular weight is 1210 g/mol. The quantitative estimate of drug-likeness (QED) is 0.0844. The predicted molar refractivity (Wildman–Crippen MR) is 330 cm³/mol. The number of ether oxygens (including phenoxy) is 2. The van der Waals surface area contributed by atoms with E-state index < -0.39 is 0 Å². The molecule has 0 fully saturated rings. The summed E-state index contributed by atoms with van der Waals surface area (Å²) in [6.45, 7) is 26.5. The fourth-order valence-electron chi connectivity index (χ4n) is 14.8. The second-order valence-corrected chi connectivity index (χ2v) is 23.7. The molecular formula is C70H76N8Ni2O4. The van der Waals surface area contributed by atoms with Crippen LogP contribution in [0.1, 0.15) is 230 Å². The van der Waals surface area contributed by atoms with Crippen molar-refractivity contribution >= 4 is 90.5 Å². The molecule has 0 saturated carbocycles. The smallest absolute Gasteiger partial charge is 0.657 e. The number of hydrogen-bond donors (Lipinski definition) is 0. The van der Waals surface area contributed by atoms with Gasteiger partial charge in [-0.1, -0.05) is 122 Å². The van der Waals surface area contributed by atoms with Crippen LogP contribution in [0.15, 0.2) is 24.3 Å². The molecule has 14 heteroatoms. The maximum atomic E-state index is 13.1. The number of methoxy groups -OCH3 is 2. The second-order valence-electron chi connectivity index (χ2n) is 23.7. The van der Waals surface area contributed by atoms with E-state index in [1.165, 1.54) is 47.6 Å². The molecule has 0 unspecified atom stereocenters. The molecule has 0 amide bonds. The van der Waals surface area contributed by atoms with Crippen LogP contribution in [-0.2, 0) is 90.6 Å². The van der Waals surface area contributed by atoms with Crippen molar-refractivity contribution in [2.75, 3.05) is 14.2 Å². The van der Waals surface area contributed by atoms with E-state index in [9.17, 15) is 9.59 Å². The number of aryl methyl sites for hydroxylation is 10. The van der Waals surface area contributed by atoms with Gasteiger partial charge in [-0.15, -0.1) is 44.1 Å². The summed E-state index contributed by atoms with van der Waals surface area (Å²) in [6, 6.07) is 8.74. The first-order valence-corrected chi connectivity index (χ1v) is 30.1. The van der Waals surface area contributed by atoms with Crippen molar-refractivity contribution in [1.82, 2.24) is 39.9 Å². The number of hydrogen-bond acceptors (Lipinski definition) is 8. The topological polar surface area (TPSA) is 161 Å². The zero-order chi connectivity index (χ0) is 57.7. The Morgan fingerprint density at radius 3 is 1.19 bits per heavy atom. The van der Waals surface area contributed by atoms with E-state index in [0.717, 1.165) is 197 Å². The van der Waals surface area contributed by atoms with Gasteiger partial charge in [0.25, 0.3) is 0 Å². The summed E-state index contributed by atoms with van der Waals surface area (Å²) in [7, 11) is 2.93. The fourth-order valence-corrected chi connectivity index (χ4v) is 14.8. The van der Waals surface area contributed by atoms with E-state index in [0.29, 0.717) is 12.8 Å². The van der Waals surface area contributed by atoms with Gasteiger partial charge in [-0.05, 0) is 150 Å². The second kappa shape index (κ2) is 23.7. The van der Waals surface area contributed by atoms with Gasteiger partial charge in [-0.25, -0.2) is 9.97 Å². The molecule has 2 aliphatic carbocycles. The van der Waals surface area contributed by atoms with E-state index in [1.54, 1.807) is 0 Å². The number of aromatic nitrogens is 8. The van der Waals surface area contributed by atoms with Crippen molar-refractivity contribution in [2.45, 2.75) is 184 Å². The third kappa shape index (κ3) is 9.79. The van der Waals surface area contributed by atoms with Gasteiger partial charge in [-0.2, -0.15) is 0 Å². The molecule has 0 spiro atoms. The van der Waals surface area contributed by atoms with Crippen molar-refractivity contribution < 1.29 is 52.0 Å². The summed E-state index contributed by atoms with van der Waals surface area (Å²) in [5.74, 6) is -0.872. The number of rotatable bonds is 12. The molecular weight excluding hydrogens is 1130 g/mol. The molecule has 6 aromatic rings. The maximum absolute atomic E-state index is 13.1. The molecule has 84 heavy (non-hydrogen) atoms. The summed E-state index contributed by atoms with van der Waals surface area (Å²) >= 11 is 0. The minimum Gasteiger partial charge on any atom is -0.657 e. The Balaban J connectivity index is 0.00000393. The molecule has 440 valence electrons. The molecule has 12 nitrogen and oxygen atoms in total. The van der Waals surface area contributed by atoms with Crippen LogP contribution >= 0.6 is 0 Å². The molecule has 0 radical (unpaired) electrons. The van der Waals surface area contributed by atoms with Crippen LogP contribution in [0.2, 0.25) is 0 Å². The number of carbonyl (C=O) groups is 2. The van der Waals surface area contributed by atoms with E-state index in [2.05, 4.69) is 120 Å². The molecule has 0 aromatic carbocycles. The van der Waals surface area contributed by atoms with Gasteiger partial charge in [-0.3, -0.25) is 19.6 Å². The van der Waals surface area contributed by atoms with Gasteiger partial charge in [0.2, 0.25) is 0 Å². The van der Waals surface area contributed by atoms with Crippen molar-refractivity contribution in [1.29, 1.82) is 0 Å². The number of fused-ring (bicyclic) bond motifs is 16. The molecule has 6 aromatic heterocycles. The van der Waals surface area contributed by atoms with Crippen LogP contribution in [-0.4, -0.2) is 46.1 Å². The Bertz CT molecular complexity index is 3930. The standard InChI is InChI=1S/C70H76N8O4.2Ni/c1-15-41-33(5)53-29-59-43(17-3)37(9)63(75-59)49(65-39(11)47(25-27-61(79)81-13)69(77-65)51-21-19-45-35(7)55(73-67(45)51)31-57(41)71-53)23-24-50-64-38(10)44(18-4)60(76-64)30-54-34(6)42(16-2)58(72-54)32-56-36(8)46-20-22-52(68(46)74-56)70-48(26-28-62(80)82-14)40(12)66(50)78-70;;/h23-24,29-32,39-40,47-48H,15-22,25-28H2,1-14H3;;/q-4;2*+2/t39-,40-,47-,48-;;/m0../s1. The van der Waals surface area contributed by atoms with Crippen LogP contribution in [0, 0.1) is 27.7 Å². The summed E-state index contributed by atoms with van der Waals surface area (Å²) in [4.78, 5) is 71.0. The molecule has 12 rings (SSSR count). The summed E-state index contributed by atoms with van der Waals surface area (Å²) in [5.41, 5.74) is 33.3. The number of allylic oxidation sites excluding steroid dienone is 4. The Morgan fingerprint density at radius 1 is 0.476 bits per heavy atom. The van der Waals surface area contributed by atoms with Gasteiger partial charge in [0.05, 0.1) is 48.4 Å². The fraction of sp³-hybridized carbons (Fsp3) is 0.429. The monoisotopic (exact) mass is 1210 g/mol. The first-order valence-electron chi connectivity index (χ1n) is 30.1. The first-order chi connectivity index (χ1) is 39.5. The molecule has 0 N–H and O–H groups in total. The summed E-state index contributed by atoms with van der Waals surface area (Å²) < 4.78 is 10.6. The van der Waals surface area contributed by atoms with Crippen molar-refractivity contribution in [3.05, 3.63) is 137 Å². The van der Waals surface area contributed by atoms with Gasteiger partial charge >= 0.3 is 44.9 Å². The SMILES string of the molecule is CCC1=C(C)c2cc3[n-]c(c(C)c3CC)c(/C=C/c3c4nc(c5c6[n-]c(cc7nc(cc8[n-]c3c(C)c8CC)C(C)=C7CC)c(C)c6CC5)[C@@H](CCC(=O)OC)[C@@H]4C)c3nc(c4c5[n-]c(cc1n2)c(C)c5CC4)[C@@H](CCC(=O)OC)[C@@H]3C.[Ni+2].[Ni+2]. The normalized spacial score (nSPS) is 17.8. The van der Waals surface area contributed by atoms with E-state index in [-0.39, 0.29) is 81.4 Å². The number of nitrogens with zero attached hydrogens (tertiary/aromatic N) is 8. The minimum absolute atomic E-state index is 0. The van der Waals surface area contributed by atoms with Gasteiger partial charge in [0.15, 0.2) is 0 Å². The molecule has 0 saturated heterocycles. The molecule has 4 aliphatic heterocycles. The third-order valence-electron chi connectivity index (χ3n) is 19.6. The summed E-state index contributed by atoms with van der Waals surface area (Å²) in [5, 5.41) is 0. The Hall–Kier alpha value is -6.61. The molecule has 6 aliphatic rings. The van der Waals surface area contributed by atoms with E-state index in [4.69, 9.17) is 49.3 Å². The largest absolute Gasteiger partial charge is 2.00 e. The maximum Gasteiger partial charge on any atom is 2.00 e. The summed E-state index contributed by atoms with van der Waals surface area (Å²) in [6.07, 6.45) is 12.8. The zero-order valence-electron chi connectivity index (χ0n) is 51.1. The average Bonchev–Trinajstić information content (AvgIpc) is 3.67. The Morgan fingerprint density at radius 2 is 0.833 bits per heavy atom. The van der Waals surface area contributed by atoms with Gasteiger partial charge < -0.3 is 29.4 Å². The van der Waals surface area contributed by atoms with Crippen molar-refractivity contribution in [2.24, 2.45) is 0 Å². The van der Waals surface area contributed by atoms with Gasteiger partial charge in [0.1, 0.15) is 0 Å². The molecule has 4 atom stereocenters. The number of esters is 2.